The summed E-state index contributed by atoms with van der Waals surface area (Å²) in [6, 6.07) is 12.2. The zero-order chi connectivity index (χ0) is 20.8. The predicted octanol–water partition coefficient (Wildman–Crippen LogP) is 2.57. The fourth-order valence-corrected chi connectivity index (χ4v) is 3.37. The highest BCUT2D eigenvalue weighted by Gasteiger charge is 2.39. The van der Waals surface area contributed by atoms with Crippen LogP contribution in [0.1, 0.15) is 18.9 Å². The van der Waals surface area contributed by atoms with Crippen LogP contribution in [-0.2, 0) is 16.0 Å². The Labute approximate surface area is 170 Å². The highest BCUT2D eigenvalue weighted by atomic mass is 16.5. The fraction of sp³-hybridized carbons (Fsp3) is 0.364. The number of nitrogens with zero attached hydrogens (tertiary/aromatic N) is 1. The molecule has 1 heterocycles. The molecule has 0 saturated carbocycles. The number of amides is 2. The number of rotatable bonds is 9. The Morgan fingerprint density at radius 1 is 1.07 bits per heavy atom. The van der Waals surface area contributed by atoms with Crippen LogP contribution >= 0.6 is 0 Å². The van der Waals surface area contributed by atoms with Gasteiger partial charge in [-0.15, -0.1) is 0 Å². The SMILES string of the molecule is CCOc1cccc(N2C(=O)CC(NCCc3ccc(OC)c(OC)c3)C2=O)c1. The minimum absolute atomic E-state index is 0.142. The summed E-state index contributed by atoms with van der Waals surface area (Å²) >= 11 is 0. The first kappa shape index (κ1) is 20.7. The van der Waals surface area contributed by atoms with Gasteiger partial charge in [-0.3, -0.25) is 9.59 Å². The molecule has 1 atom stereocenters. The highest BCUT2D eigenvalue weighted by Crippen LogP contribution is 2.28. The van der Waals surface area contributed by atoms with Gasteiger partial charge in [0, 0.05) is 6.07 Å². The van der Waals surface area contributed by atoms with Crippen molar-refractivity contribution in [2.45, 2.75) is 25.8 Å². The fourth-order valence-electron chi connectivity index (χ4n) is 3.37. The first-order chi connectivity index (χ1) is 14.1. The lowest BCUT2D eigenvalue weighted by molar-refractivity contribution is -0.121. The number of ether oxygens (including phenoxy) is 3. The molecule has 7 heteroatoms. The minimum Gasteiger partial charge on any atom is -0.494 e. The number of carbonyl (C=O) groups excluding carboxylic acids is 2. The number of methoxy groups -OCH3 is 2. The van der Waals surface area contributed by atoms with Crippen LogP contribution in [0.2, 0.25) is 0 Å². The zero-order valence-corrected chi connectivity index (χ0v) is 16.9. The summed E-state index contributed by atoms with van der Waals surface area (Å²) in [5, 5.41) is 3.20. The molecule has 2 aromatic carbocycles. The third-order valence-corrected chi connectivity index (χ3v) is 4.79. The van der Waals surface area contributed by atoms with Gasteiger partial charge < -0.3 is 19.5 Å². The smallest absolute Gasteiger partial charge is 0.251 e. The Kier molecular flexibility index (Phi) is 6.72. The molecule has 7 nitrogen and oxygen atoms in total. The van der Waals surface area contributed by atoms with Gasteiger partial charge in [-0.1, -0.05) is 12.1 Å². The zero-order valence-electron chi connectivity index (χ0n) is 16.9. The quantitative estimate of drug-likeness (QED) is 0.654. The van der Waals surface area contributed by atoms with E-state index in [1.807, 2.05) is 25.1 Å². The van der Waals surface area contributed by atoms with E-state index in [9.17, 15) is 9.59 Å². The van der Waals surface area contributed by atoms with Gasteiger partial charge >= 0.3 is 0 Å². The minimum atomic E-state index is -0.529. The second-order valence-corrected chi connectivity index (χ2v) is 6.65. The number of carbonyl (C=O) groups is 2. The molecule has 2 aromatic rings. The van der Waals surface area contributed by atoms with Gasteiger partial charge in [0.15, 0.2) is 11.5 Å². The van der Waals surface area contributed by atoms with Crippen LogP contribution in [0.5, 0.6) is 17.2 Å². The van der Waals surface area contributed by atoms with Crippen LogP contribution < -0.4 is 24.4 Å². The molecule has 1 aliphatic heterocycles. The van der Waals surface area contributed by atoms with Crippen molar-refractivity contribution in [2.24, 2.45) is 0 Å². The average molecular weight is 398 g/mol. The van der Waals surface area contributed by atoms with E-state index in [0.717, 1.165) is 5.56 Å². The second kappa shape index (κ2) is 9.43. The molecule has 1 saturated heterocycles. The maximum Gasteiger partial charge on any atom is 0.251 e. The van der Waals surface area contributed by atoms with Gasteiger partial charge in [0.1, 0.15) is 5.75 Å². The predicted molar refractivity (Wildman–Crippen MR) is 110 cm³/mol. The van der Waals surface area contributed by atoms with Crippen molar-refractivity contribution >= 4 is 17.5 Å². The van der Waals surface area contributed by atoms with Crippen molar-refractivity contribution in [3.63, 3.8) is 0 Å². The van der Waals surface area contributed by atoms with Gasteiger partial charge in [-0.25, -0.2) is 4.90 Å². The van der Waals surface area contributed by atoms with Crippen LogP contribution in [0.3, 0.4) is 0 Å². The molecule has 0 bridgehead atoms. The lowest BCUT2D eigenvalue weighted by Crippen LogP contribution is -2.39. The summed E-state index contributed by atoms with van der Waals surface area (Å²) in [5.74, 6) is 1.52. The Bertz CT molecular complexity index is 883. The first-order valence-electron chi connectivity index (χ1n) is 9.61. The molecule has 154 valence electrons. The van der Waals surface area contributed by atoms with E-state index in [-0.39, 0.29) is 18.2 Å². The monoisotopic (exact) mass is 398 g/mol. The van der Waals surface area contributed by atoms with Crippen LogP contribution in [-0.4, -0.2) is 45.2 Å². The van der Waals surface area contributed by atoms with Crippen LogP contribution in [0.15, 0.2) is 42.5 Å². The van der Waals surface area contributed by atoms with E-state index in [1.54, 1.807) is 38.5 Å². The molecule has 1 fully saturated rings. The average Bonchev–Trinajstić information content (AvgIpc) is 3.01. The molecule has 0 aliphatic carbocycles. The number of nitrogens with one attached hydrogen (secondary N) is 1. The van der Waals surface area contributed by atoms with Crippen LogP contribution in [0.25, 0.3) is 0 Å². The first-order valence-corrected chi connectivity index (χ1v) is 9.61. The van der Waals surface area contributed by atoms with Crippen molar-refractivity contribution in [2.75, 3.05) is 32.3 Å². The van der Waals surface area contributed by atoms with Crippen LogP contribution in [0, 0.1) is 0 Å². The topological polar surface area (TPSA) is 77.1 Å². The third-order valence-electron chi connectivity index (χ3n) is 4.79. The Morgan fingerprint density at radius 2 is 1.86 bits per heavy atom. The summed E-state index contributed by atoms with van der Waals surface area (Å²) < 4.78 is 16.0. The molecule has 0 aromatic heterocycles. The van der Waals surface area contributed by atoms with Gasteiger partial charge in [0.2, 0.25) is 5.91 Å². The van der Waals surface area contributed by atoms with E-state index < -0.39 is 6.04 Å². The van der Waals surface area contributed by atoms with Crippen molar-refractivity contribution in [3.8, 4) is 17.2 Å². The summed E-state index contributed by atoms with van der Waals surface area (Å²) in [5.41, 5.74) is 1.59. The molecule has 1 unspecified atom stereocenters. The molecule has 29 heavy (non-hydrogen) atoms. The summed E-state index contributed by atoms with van der Waals surface area (Å²) in [7, 11) is 3.19. The Morgan fingerprint density at radius 3 is 2.59 bits per heavy atom. The maximum absolute atomic E-state index is 12.8. The number of imide groups is 1. The van der Waals surface area contributed by atoms with Crippen molar-refractivity contribution in [1.29, 1.82) is 0 Å². The Hall–Kier alpha value is -3.06. The molecule has 3 rings (SSSR count). The highest BCUT2D eigenvalue weighted by molar-refractivity contribution is 6.22. The van der Waals surface area contributed by atoms with Gasteiger partial charge in [-0.2, -0.15) is 0 Å². The second-order valence-electron chi connectivity index (χ2n) is 6.65. The normalized spacial score (nSPS) is 16.2. The number of benzene rings is 2. The third kappa shape index (κ3) is 4.68. The Balaban J connectivity index is 1.61. The lowest BCUT2D eigenvalue weighted by atomic mass is 10.1. The van der Waals surface area contributed by atoms with Crippen molar-refractivity contribution in [1.82, 2.24) is 5.32 Å². The molecule has 1 aliphatic rings. The molecule has 0 radical (unpaired) electrons. The lowest BCUT2D eigenvalue weighted by Gasteiger charge is -2.16. The van der Waals surface area contributed by atoms with E-state index in [0.29, 0.717) is 42.5 Å². The number of anilines is 1. The number of hydrogen-bond donors (Lipinski definition) is 1. The molecule has 0 spiro atoms. The van der Waals surface area contributed by atoms with Gasteiger partial charge in [-0.05, 0) is 49.7 Å². The largest absolute Gasteiger partial charge is 0.494 e. The van der Waals surface area contributed by atoms with Crippen molar-refractivity contribution < 1.29 is 23.8 Å². The van der Waals surface area contributed by atoms with E-state index in [1.165, 1.54) is 4.90 Å². The summed E-state index contributed by atoms with van der Waals surface area (Å²) in [4.78, 5) is 26.5. The van der Waals surface area contributed by atoms with E-state index in [4.69, 9.17) is 14.2 Å². The molecular formula is C22H26N2O5. The van der Waals surface area contributed by atoms with Crippen molar-refractivity contribution in [3.05, 3.63) is 48.0 Å². The van der Waals surface area contributed by atoms with E-state index >= 15 is 0 Å². The standard InChI is InChI=1S/C22H26N2O5/c1-4-29-17-7-5-6-16(13-17)24-21(25)14-18(22(24)26)23-11-10-15-8-9-19(27-2)20(12-15)28-3/h5-9,12-13,18,23H,4,10-11,14H2,1-3H3. The molecular weight excluding hydrogens is 372 g/mol. The van der Waals surface area contributed by atoms with Crippen LogP contribution in [0.4, 0.5) is 5.69 Å². The number of hydrogen-bond acceptors (Lipinski definition) is 6. The maximum atomic E-state index is 12.8. The molecule has 2 amide bonds. The van der Waals surface area contributed by atoms with E-state index in [2.05, 4.69) is 5.32 Å². The molecule has 1 N–H and O–H groups in total. The summed E-state index contributed by atoms with van der Waals surface area (Å²) in [6.45, 7) is 2.97. The van der Waals surface area contributed by atoms with Gasteiger partial charge in [0.25, 0.3) is 5.91 Å². The summed E-state index contributed by atoms with van der Waals surface area (Å²) in [6.07, 6.45) is 0.835. The van der Waals surface area contributed by atoms with Gasteiger partial charge in [0.05, 0.1) is 39.0 Å².